The van der Waals surface area contributed by atoms with Gasteiger partial charge in [-0.25, -0.2) is 0 Å². The van der Waals surface area contributed by atoms with Crippen molar-refractivity contribution in [1.82, 2.24) is 0 Å². The molecule has 0 aromatic carbocycles. The summed E-state index contributed by atoms with van der Waals surface area (Å²) in [5.41, 5.74) is -0.135. The molecule has 2 atom stereocenters. The summed E-state index contributed by atoms with van der Waals surface area (Å²) >= 11 is 0. The summed E-state index contributed by atoms with van der Waals surface area (Å²) in [5.74, 6) is 0.549. The lowest BCUT2D eigenvalue weighted by Gasteiger charge is -2.22. The van der Waals surface area contributed by atoms with Crippen LogP contribution in [0.1, 0.15) is 40.0 Å². The van der Waals surface area contributed by atoms with Crippen molar-refractivity contribution in [3.8, 4) is 0 Å². The fraction of sp³-hybridized carbons (Fsp3) is 0.800. The topological polar surface area (TPSA) is 35.5 Å². The van der Waals surface area contributed by atoms with Crippen molar-refractivity contribution in [3.63, 3.8) is 0 Å². The molecule has 102 valence electrons. The average molecular weight is 252 g/mol. The van der Waals surface area contributed by atoms with Crippen LogP contribution < -0.4 is 0 Å². The Morgan fingerprint density at radius 1 is 1.39 bits per heavy atom. The van der Waals surface area contributed by atoms with E-state index in [2.05, 4.69) is 32.9 Å². The van der Waals surface area contributed by atoms with Gasteiger partial charge < -0.3 is 9.47 Å². The molecular weight excluding hydrogens is 228 g/mol. The Kier molecular flexibility index (Phi) is 3.81. The zero-order valence-corrected chi connectivity index (χ0v) is 11.7. The summed E-state index contributed by atoms with van der Waals surface area (Å²) in [6.07, 6.45) is 7.26. The van der Waals surface area contributed by atoms with Gasteiger partial charge in [0.25, 0.3) is 0 Å². The van der Waals surface area contributed by atoms with Crippen LogP contribution in [0.5, 0.6) is 0 Å². The third kappa shape index (κ3) is 3.14. The first-order valence-corrected chi connectivity index (χ1v) is 6.86. The molecule has 3 nitrogen and oxygen atoms in total. The van der Waals surface area contributed by atoms with Crippen molar-refractivity contribution >= 4 is 5.97 Å². The maximum Gasteiger partial charge on any atom is 0.316 e. The Bertz CT molecular complexity index is 340. The summed E-state index contributed by atoms with van der Waals surface area (Å²) < 4.78 is 10.8. The van der Waals surface area contributed by atoms with E-state index in [1.165, 1.54) is 0 Å². The molecule has 18 heavy (non-hydrogen) atoms. The first kappa shape index (κ1) is 13.6. The number of carbonyl (C=O) groups excluding carboxylic acids is 1. The van der Waals surface area contributed by atoms with Crippen molar-refractivity contribution in [2.75, 3.05) is 19.8 Å². The van der Waals surface area contributed by atoms with Crippen LogP contribution in [-0.4, -0.2) is 25.8 Å². The number of allylic oxidation sites excluding steroid dienone is 1. The zero-order chi connectivity index (χ0) is 13.2. The minimum absolute atomic E-state index is 0.0573. The highest BCUT2D eigenvalue weighted by atomic mass is 16.6. The van der Waals surface area contributed by atoms with E-state index >= 15 is 0 Å². The van der Waals surface area contributed by atoms with Crippen LogP contribution in [-0.2, 0) is 14.3 Å². The van der Waals surface area contributed by atoms with E-state index < -0.39 is 0 Å². The lowest BCUT2D eigenvalue weighted by atomic mass is 9.88. The van der Waals surface area contributed by atoms with E-state index in [0.717, 1.165) is 19.3 Å². The number of fused-ring (bicyclic) bond motifs is 2. The zero-order valence-electron chi connectivity index (χ0n) is 11.7. The van der Waals surface area contributed by atoms with Crippen LogP contribution in [0.25, 0.3) is 0 Å². The summed E-state index contributed by atoms with van der Waals surface area (Å²) in [6.45, 7) is 7.93. The van der Waals surface area contributed by atoms with Gasteiger partial charge in [-0.15, -0.1) is 0 Å². The molecule has 0 saturated heterocycles. The van der Waals surface area contributed by atoms with E-state index in [1.54, 1.807) is 0 Å². The molecule has 0 heterocycles. The van der Waals surface area contributed by atoms with Crippen LogP contribution in [0.4, 0.5) is 0 Å². The standard InChI is InChI=1S/C15H24O3/c1-14(2,3)11-17-8-9-18-13(16)15-6-4-12(10-15)5-7-15/h4,6,12H,5,7-11H2,1-3H3. The number of hydrogen-bond donors (Lipinski definition) is 0. The molecule has 0 aromatic heterocycles. The van der Waals surface area contributed by atoms with Crippen molar-refractivity contribution in [2.24, 2.45) is 16.7 Å². The second-order valence-electron chi connectivity index (χ2n) is 6.77. The largest absolute Gasteiger partial charge is 0.463 e. The summed E-state index contributed by atoms with van der Waals surface area (Å²) in [4.78, 5) is 12.1. The molecule has 0 N–H and O–H groups in total. The number of rotatable bonds is 5. The van der Waals surface area contributed by atoms with E-state index in [4.69, 9.17) is 9.47 Å². The average Bonchev–Trinajstić information content (AvgIpc) is 2.88. The quantitative estimate of drug-likeness (QED) is 0.429. The monoisotopic (exact) mass is 252 g/mol. The molecule has 0 aliphatic heterocycles. The maximum atomic E-state index is 12.1. The number of ether oxygens (including phenoxy) is 2. The SMILES string of the molecule is CC(C)(C)COCCOC(=O)C12C=CC(CC1)C2. The van der Waals surface area contributed by atoms with Crippen LogP contribution in [0.2, 0.25) is 0 Å². The third-order valence-corrected chi connectivity index (χ3v) is 3.68. The van der Waals surface area contributed by atoms with Crippen LogP contribution >= 0.6 is 0 Å². The van der Waals surface area contributed by atoms with E-state index in [9.17, 15) is 4.79 Å². The summed E-state index contributed by atoms with van der Waals surface area (Å²) in [5, 5.41) is 0. The number of carbonyl (C=O) groups is 1. The van der Waals surface area contributed by atoms with Gasteiger partial charge in [0.15, 0.2) is 0 Å². The van der Waals surface area contributed by atoms with Crippen LogP contribution in [0, 0.1) is 16.7 Å². The first-order valence-electron chi connectivity index (χ1n) is 6.86. The lowest BCUT2D eigenvalue weighted by Crippen LogP contribution is -2.28. The van der Waals surface area contributed by atoms with Gasteiger partial charge >= 0.3 is 5.97 Å². The summed E-state index contributed by atoms with van der Waals surface area (Å²) in [6, 6.07) is 0. The van der Waals surface area contributed by atoms with E-state index in [-0.39, 0.29) is 16.8 Å². The predicted molar refractivity (Wildman–Crippen MR) is 70.1 cm³/mol. The van der Waals surface area contributed by atoms with Gasteiger partial charge in [-0.3, -0.25) is 4.79 Å². The van der Waals surface area contributed by atoms with Crippen molar-refractivity contribution in [2.45, 2.75) is 40.0 Å². The van der Waals surface area contributed by atoms with Crippen LogP contribution in [0.3, 0.4) is 0 Å². The van der Waals surface area contributed by atoms with Gasteiger partial charge in [-0.2, -0.15) is 0 Å². The number of esters is 1. The Balaban J connectivity index is 1.66. The Labute approximate surface area is 110 Å². The van der Waals surface area contributed by atoms with Gasteiger partial charge in [0.05, 0.1) is 18.6 Å². The molecule has 2 rings (SSSR count). The van der Waals surface area contributed by atoms with E-state index in [0.29, 0.717) is 25.7 Å². The highest BCUT2D eigenvalue weighted by molar-refractivity contribution is 5.80. The first-order chi connectivity index (χ1) is 8.41. The van der Waals surface area contributed by atoms with Gasteiger partial charge in [0, 0.05) is 0 Å². The molecule has 1 saturated carbocycles. The highest BCUT2D eigenvalue weighted by Gasteiger charge is 2.47. The third-order valence-electron chi connectivity index (χ3n) is 3.68. The maximum absolute atomic E-state index is 12.1. The van der Waals surface area contributed by atoms with Crippen LogP contribution in [0.15, 0.2) is 12.2 Å². The fourth-order valence-electron chi connectivity index (χ4n) is 2.72. The van der Waals surface area contributed by atoms with Crippen molar-refractivity contribution in [1.29, 1.82) is 0 Å². The Morgan fingerprint density at radius 3 is 2.67 bits per heavy atom. The molecule has 2 aliphatic rings. The molecule has 1 fully saturated rings. The Hall–Kier alpha value is -0.830. The van der Waals surface area contributed by atoms with Crippen molar-refractivity contribution in [3.05, 3.63) is 12.2 Å². The minimum Gasteiger partial charge on any atom is -0.463 e. The molecule has 0 spiro atoms. The lowest BCUT2D eigenvalue weighted by molar-refractivity contribution is -0.154. The second kappa shape index (κ2) is 5.04. The van der Waals surface area contributed by atoms with Gasteiger partial charge in [0.2, 0.25) is 0 Å². The molecule has 2 aliphatic carbocycles. The highest BCUT2D eigenvalue weighted by Crippen LogP contribution is 2.49. The summed E-state index contributed by atoms with van der Waals surface area (Å²) in [7, 11) is 0. The van der Waals surface area contributed by atoms with E-state index in [1.807, 2.05) is 0 Å². The minimum atomic E-state index is -0.297. The normalized spacial score (nSPS) is 29.8. The van der Waals surface area contributed by atoms with Crippen molar-refractivity contribution < 1.29 is 14.3 Å². The molecule has 3 heteroatoms. The Morgan fingerprint density at radius 2 is 2.17 bits per heavy atom. The second-order valence-corrected chi connectivity index (χ2v) is 6.77. The van der Waals surface area contributed by atoms with Gasteiger partial charge in [-0.1, -0.05) is 32.9 Å². The molecule has 2 bridgehead atoms. The predicted octanol–water partition coefficient (Wildman–Crippen LogP) is 2.95. The smallest absolute Gasteiger partial charge is 0.316 e. The molecule has 0 amide bonds. The fourth-order valence-corrected chi connectivity index (χ4v) is 2.72. The molecule has 0 radical (unpaired) electrons. The molecule has 0 aromatic rings. The molecular formula is C15H24O3. The van der Waals surface area contributed by atoms with Gasteiger partial charge in [-0.05, 0) is 30.6 Å². The molecule has 2 unspecified atom stereocenters. The number of hydrogen-bond acceptors (Lipinski definition) is 3. The van der Waals surface area contributed by atoms with Gasteiger partial charge in [0.1, 0.15) is 6.61 Å².